The van der Waals surface area contributed by atoms with E-state index in [1.807, 2.05) is 48.5 Å². The molecule has 5 nitrogen and oxygen atoms in total. The number of benzene rings is 2. The summed E-state index contributed by atoms with van der Waals surface area (Å²) in [6.45, 7) is 1.34. The summed E-state index contributed by atoms with van der Waals surface area (Å²) < 4.78 is 1.33. The number of hydrogen-bond donors (Lipinski definition) is 1. The maximum Gasteiger partial charge on any atom is 0.282 e. The Balaban J connectivity index is 2.22. The lowest BCUT2D eigenvalue weighted by molar-refractivity contribution is -0.116. The molecule has 0 amide bonds. The maximum absolute atomic E-state index is 12.8. The molecule has 3 aromatic rings. The van der Waals surface area contributed by atoms with Crippen molar-refractivity contribution in [1.82, 2.24) is 9.78 Å². The van der Waals surface area contributed by atoms with E-state index in [1.165, 1.54) is 11.6 Å². The second kappa shape index (κ2) is 6.50. The number of hydrogen-bond acceptors (Lipinski definition) is 3. The molecule has 2 aromatic carbocycles. The zero-order chi connectivity index (χ0) is 17.1. The van der Waals surface area contributed by atoms with Crippen molar-refractivity contribution < 1.29 is 9.59 Å². The molecule has 0 fully saturated rings. The molecule has 3 rings (SSSR count). The molecule has 120 valence electrons. The van der Waals surface area contributed by atoms with Crippen molar-refractivity contribution in [3.63, 3.8) is 0 Å². The van der Waals surface area contributed by atoms with Crippen molar-refractivity contribution >= 4 is 11.6 Å². The lowest BCUT2D eigenvalue weighted by atomic mass is 10.0. The minimum Gasteiger partial charge on any atom is -0.300 e. The van der Waals surface area contributed by atoms with Gasteiger partial charge in [0.2, 0.25) is 0 Å². The zero-order valence-electron chi connectivity index (χ0n) is 13.2. The fourth-order valence-corrected chi connectivity index (χ4v) is 2.58. The first-order valence-corrected chi connectivity index (χ1v) is 7.56. The SMILES string of the molecule is CC(=O)CC(=O)c1c(-c2ccccc2)[nH]n(-c2ccccc2)c1=O. The van der Waals surface area contributed by atoms with Gasteiger partial charge in [0.15, 0.2) is 5.78 Å². The second-order valence-corrected chi connectivity index (χ2v) is 5.51. The Morgan fingerprint density at radius 1 is 0.958 bits per heavy atom. The van der Waals surface area contributed by atoms with Gasteiger partial charge in [0, 0.05) is 5.56 Å². The third-order valence-electron chi connectivity index (χ3n) is 3.66. The van der Waals surface area contributed by atoms with E-state index in [9.17, 15) is 14.4 Å². The standard InChI is InChI=1S/C19H16N2O3/c1-13(22)12-16(23)17-18(14-8-4-2-5-9-14)20-21(19(17)24)15-10-6-3-7-11-15/h2-11,20H,12H2,1H3. The molecule has 24 heavy (non-hydrogen) atoms. The summed E-state index contributed by atoms with van der Waals surface area (Å²) >= 11 is 0. The van der Waals surface area contributed by atoms with Crippen molar-refractivity contribution in [1.29, 1.82) is 0 Å². The quantitative estimate of drug-likeness (QED) is 0.580. The molecule has 1 aromatic heterocycles. The van der Waals surface area contributed by atoms with Crippen LogP contribution >= 0.6 is 0 Å². The number of aromatic amines is 1. The Labute approximate surface area is 138 Å². The molecule has 5 heteroatoms. The topological polar surface area (TPSA) is 71.9 Å². The average Bonchev–Trinajstić information content (AvgIpc) is 2.93. The molecule has 0 saturated heterocycles. The van der Waals surface area contributed by atoms with Gasteiger partial charge in [-0.3, -0.25) is 19.5 Å². The highest BCUT2D eigenvalue weighted by Gasteiger charge is 2.23. The van der Waals surface area contributed by atoms with Crippen LogP contribution in [0.3, 0.4) is 0 Å². The van der Waals surface area contributed by atoms with Crippen LogP contribution in [-0.2, 0) is 4.79 Å². The molecule has 0 radical (unpaired) electrons. The van der Waals surface area contributed by atoms with Gasteiger partial charge in [-0.2, -0.15) is 0 Å². The highest BCUT2D eigenvalue weighted by molar-refractivity contribution is 6.10. The van der Waals surface area contributed by atoms with E-state index in [-0.39, 0.29) is 17.8 Å². The van der Waals surface area contributed by atoms with Crippen LogP contribution < -0.4 is 5.56 Å². The van der Waals surface area contributed by atoms with E-state index in [0.717, 1.165) is 5.56 Å². The number of carbonyl (C=O) groups excluding carboxylic acids is 2. The van der Waals surface area contributed by atoms with Crippen LogP contribution in [0.15, 0.2) is 65.5 Å². The third kappa shape index (κ3) is 2.96. The van der Waals surface area contributed by atoms with Gasteiger partial charge < -0.3 is 0 Å². The summed E-state index contributed by atoms with van der Waals surface area (Å²) in [5, 5.41) is 3.01. The lowest BCUT2D eigenvalue weighted by Gasteiger charge is -2.02. The summed E-state index contributed by atoms with van der Waals surface area (Å²) in [5.41, 5.74) is 1.33. The molecule has 0 aliphatic rings. The molecule has 1 N–H and O–H groups in total. The van der Waals surface area contributed by atoms with Gasteiger partial charge in [0.1, 0.15) is 11.3 Å². The third-order valence-corrected chi connectivity index (χ3v) is 3.66. The second-order valence-electron chi connectivity index (χ2n) is 5.51. The Morgan fingerprint density at radius 2 is 1.54 bits per heavy atom. The molecule has 0 atom stereocenters. The average molecular weight is 320 g/mol. The van der Waals surface area contributed by atoms with E-state index in [0.29, 0.717) is 11.4 Å². The number of nitrogens with zero attached hydrogens (tertiary/aromatic N) is 1. The first-order chi connectivity index (χ1) is 11.6. The first kappa shape index (κ1) is 15.7. The van der Waals surface area contributed by atoms with E-state index in [4.69, 9.17) is 0 Å². The van der Waals surface area contributed by atoms with E-state index in [1.54, 1.807) is 12.1 Å². The molecule has 0 spiro atoms. The van der Waals surface area contributed by atoms with Crippen LogP contribution in [0.2, 0.25) is 0 Å². The Bertz CT molecular complexity index is 938. The summed E-state index contributed by atoms with van der Waals surface area (Å²) in [6, 6.07) is 18.1. The van der Waals surface area contributed by atoms with Gasteiger partial charge in [-0.05, 0) is 19.1 Å². The Kier molecular flexibility index (Phi) is 4.24. The van der Waals surface area contributed by atoms with Crippen molar-refractivity contribution in [2.45, 2.75) is 13.3 Å². The number of rotatable bonds is 5. The monoisotopic (exact) mass is 320 g/mol. The van der Waals surface area contributed by atoms with Crippen LogP contribution in [0, 0.1) is 0 Å². The lowest BCUT2D eigenvalue weighted by Crippen LogP contribution is -2.21. The summed E-state index contributed by atoms with van der Waals surface area (Å²) in [7, 11) is 0. The van der Waals surface area contributed by atoms with Gasteiger partial charge >= 0.3 is 0 Å². The van der Waals surface area contributed by atoms with E-state index < -0.39 is 11.3 Å². The molecule has 0 saturated carbocycles. The fraction of sp³-hybridized carbons (Fsp3) is 0.105. The summed E-state index contributed by atoms with van der Waals surface area (Å²) in [5.74, 6) is -0.747. The van der Waals surface area contributed by atoms with Gasteiger partial charge in [0.25, 0.3) is 5.56 Å². The first-order valence-electron chi connectivity index (χ1n) is 7.56. The normalized spacial score (nSPS) is 10.5. The number of ketones is 2. The van der Waals surface area contributed by atoms with Crippen LogP contribution in [-0.4, -0.2) is 21.3 Å². The van der Waals surface area contributed by atoms with Gasteiger partial charge in [-0.15, -0.1) is 0 Å². The summed E-state index contributed by atoms with van der Waals surface area (Å²) in [4.78, 5) is 36.6. The highest BCUT2D eigenvalue weighted by Crippen LogP contribution is 2.21. The molecule has 0 aliphatic heterocycles. The van der Waals surface area contributed by atoms with E-state index in [2.05, 4.69) is 5.10 Å². The predicted molar refractivity (Wildman–Crippen MR) is 91.5 cm³/mol. The zero-order valence-corrected chi connectivity index (χ0v) is 13.2. The maximum atomic E-state index is 12.8. The van der Waals surface area contributed by atoms with E-state index >= 15 is 0 Å². The molecular formula is C19H16N2O3. The number of para-hydroxylation sites is 1. The van der Waals surface area contributed by atoms with Crippen molar-refractivity contribution in [2.75, 3.05) is 0 Å². The number of carbonyl (C=O) groups is 2. The molecule has 1 heterocycles. The molecule has 0 bridgehead atoms. The van der Waals surface area contributed by atoms with Crippen LogP contribution in [0.5, 0.6) is 0 Å². The summed E-state index contributed by atoms with van der Waals surface area (Å²) in [6.07, 6.45) is -0.290. The molecule has 0 aliphatic carbocycles. The van der Waals surface area contributed by atoms with Gasteiger partial charge in [-0.1, -0.05) is 48.5 Å². The number of nitrogens with one attached hydrogen (secondary N) is 1. The number of Topliss-reactive ketones (excluding diaryl/α,β-unsaturated/α-hetero) is 2. The van der Waals surface area contributed by atoms with Crippen LogP contribution in [0.25, 0.3) is 16.9 Å². The van der Waals surface area contributed by atoms with Crippen molar-refractivity contribution in [3.05, 3.63) is 76.6 Å². The highest BCUT2D eigenvalue weighted by atomic mass is 16.2. The van der Waals surface area contributed by atoms with Gasteiger partial charge in [0.05, 0.1) is 17.8 Å². The fourth-order valence-electron chi connectivity index (χ4n) is 2.58. The Morgan fingerprint density at radius 3 is 2.12 bits per heavy atom. The number of aromatic nitrogens is 2. The minimum absolute atomic E-state index is 0.0141. The van der Waals surface area contributed by atoms with Crippen molar-refractivity contribution in [2.24, 2.45) is 0 Å². The molecular weight excluding hydrogens is 304 g/mol. The Hall–Kier alpha value is -3.21. The molecule has 0 unspecified atom stereocenters. The smallest absolute Gasteiger partial charge is 0.282 e. The van der Waals surface area contributed by atoms with Crippen LogP contribution in [0.1, 0.15) is 23.7 Å². The largest absolute Gasteiger partial charge is 0.300 e. The van der Waals surface area contributed by atoms with Gasteiger partial charge in [-0.25, -0.2) is 4.68 Å². The number of H-pyrrole nitrogens is 1. The minimum atomic E-state index is -0.475. The predicted octanol–water partition coefficient (Wildman–Crippen LogP) is 2.99. The van der Waals surface area contributed by atoms with Crippen LogP contribution in [0.4, 0.5) is 0 Å². The van der Waals surface area contributed by atoms with Crippen molar-refractivity contribution in [3.8, 4) is 16.9 Å².